The molecule has 0 bridgehead atoms. The Bertz CT molecular complexity index is 705. The van der Waals surface area contributed by atoms with Crippen molar-refractivity contribution < 1.29 is 14.7 Å². The molecule has 2 rings (SSSR count). The molecule has 0 atom stereocenters. The van der Waals surface area contributed by atoms with Crippen molar-refractivity contribution in [3.63, 3.8) is 0 Å². The standard InChI is InChI=1S/C18H20N2O3S/c1-13(21)20-15-7-8-17(22)16(11-15)18(23)19-9-10-24-12-14-5-3-2-4-6-14/h2-8,11,22H,9-10,12H2,1H3,(H,19,23)(H,20,21). The van der Waals surface area contributed by atoms with E-state index >= 15 is 0 Å². The Morgan fingerprint density at radius 3 is 2.58 bits per heavy atom. The van der Waals surface area contributed by atoms with Gasteiger partial charge >= 0.3 is 0 Å². The van der Waals surface area contributed by atoms with E-state index < -0.39 is 0 Å². The van der Waals surface area contributed by atoms with Gasteiger partial charge in [-0.25, -0.2) is 0 Å². The molecule has 0 spiro atoms. The molecule has 24 heavy (non-hydrogen) atoms. The van der Waals surface area contributed by atoms with Crippen LogP contribution in [0.15, 0.2) is 48.5 Å². The van der Waals surface area contributed by atoms with Crippen molar-refractivity contribution >= 4 is 29.3 Å². The minimum atomic E-state index is -0.361. The predicted molar refractivity (Wildman–Crippen MR) is 97.3 cm³/mol. The molecule has 2 aromatic rings. The number of thioether (sulfide) groups is 1. The summed E-state index contributed by atoms with van der Waals surface area (Å²) in [6.45, 7) is 1.89. The van der Waals surface area contributed by atoms with Gasteiger partial charge in [-0.2, -0.15) is 11.8 Å². The van der Waals surface area contributed by atoms with Crippen molar-refractivity contribution in [2.75, 3.05) is 17.6 Å². The fourth-order valence-corrected chi connectivity index (χ4v) is 2.91. The average molecular weight is 344 g/mol. The third kappa shape index (κ3) is 5.62. The molecule has 2 aromatic carbocycles. The van der Waals surface area contributed by atoms with E-state index in [0.29, 0.717) is 12.2 Å². The number of aromatic hydroxyl groups is 1. The highest BCUT2D eigenvalue weighted by Crippen LogP contribution is 2.21. The lowest BCUT2D eigenvalue weighted by Crippen LogP contribution is -2.26. The number of hydrogen-bond acceptors (Lipinski definition) is 4. The van der Waals surface area contributed by atoms with Crippen LogP contribution in [0, 0.1) is 0 Å². The SMILES string of the molecule is CC(=O)Nc1ccc(O)c(C(=O)NCCSCc2ccccc2)c1. The second-order valence-electron chi connectivity index (χ2n) is 5.21. The van der Waals surface area contributed by atoms with Crippen molar-refractivity contribution in [3.05, 3.63) is 59.7 Å². The maximum absolute atomic E-state index is 12.1. The maximum atomic E-state index is 12.1. The maximum Gasteiger partial charge on any atom is 0.255 e. The lowest BCUT2D eigenvalue weighted by atomic mass is 10.1. The molecular formula is C18H20N2O3S. The van der Waals surface area contributed by atoms with Crippen molar-refractivity contribution in [1.82, 2.24) is 5.32 Å². The first-order chi connectivity index (χ1) is 11.6. The Labute approximate surface area is 145 Å². The number of carbonyl (C=O) groups excluding carboxylic acids is 2. The van der Waals surface area contributed by atoms with Crippen LogP contribution in [0.1, 0.15) is 22.8 Å². The van der Waals surface area contributed by atoms with Gasteiger partial charge in [0.25, 0.3) is 5.91 Å². The molecular weight excluding hydrogens is 324 g/mol. The summed E-state index contributed by atoms with van der Waals surface area (Å²) in [4.78, 5) is 23.2. The Morgan fingerprint density at radius 2 is 1.88 bits per heavy atom. The van der Waals surface area contributed by atoms with E-state index in [1.165, 1.54) is 24.6 Å². The van der Waals surface area contributed by atoms with Crippen molar-refractivity contribution in [2.45, 2.75) is 12.7 Å². The van der Waals surface area contributed by atoms with Crippen LogP contribution in [0.3, 0.4) is 0 Å². The smallest absolute Gasteiger partial charge is 0.255 e. The highest BCUT2D eigenvalue weighted by atomic mass is 32.2. The summed E-state index contributed by atoms with van der Waals surface area (Å²) in [5.41, 5.74) is 1.87. The van der Waals surface area contributed by atoms with Gasteiger partial charge in [0.15, 0.2) is 0 Å². The Morgan fingerprint density at radius 1 is 1.12 bits per heavy atom. The first-order valence-corrected chi connectivity index (χ1v) is 8.72. The van der Waals surface area contributed by atoms with E-state index in [2.05, 4.69) is 22.8 Å². The van der Waals surface area contributed by atoms with Gasteiger partial charge in [0.05, 0.1) is 5.56 Å². The number of rotatable bonds is 7. The fraction of sp³-hybridized carbons (Fsp3) is 0.222. The average Bonchev–Trinajstić information content (AvgIpc) is 2.56. The zero-order valence-corrected chi connectivity index (χ0v) is 14.2. The van der Waals surface area contributed by atoms with E-state index in [1.54, 1.807) is 17.8 Å². The zero-order chi connectivity index (χ0) is 17.4. The number of phenolic OH excluding ortho intramolecular Hbond substituents is 1. The van der Waals surface area contributed by atoms with Crippen LogP contribution in [-0.4, -0.2) is 29.2 Å². The first-order valence-electron chi connectivity index (χ1n) is 7.57. The second kappa shape index (κ2) is 8.98. The van der Waals surface area contributed by atoms with Gasteiger partial charge < -0.3 is 15.7 Å². The zero-order valence-electron chi connectivity index (χ0n) is 13.4. The Kier molecular flexibility index (Phi) is 6.69. The van der Waals surface area contributed by atoms with E-state index in [-0.39, 0.29) is 23.1 Å². The molecule has 0 fully saturated rings. The fourth-order valence-electron chi connectivity index (χ4n) is 2.10. The van der Waals surface area contributed by atoms with E-state index in [4.69, 9.17) is 0 Å². The van der Waals surface area contributed by atoms with Gasteiger partial charge in [-0.1, -0.05) is 30.3 Å². The van der Waals surface area contributed by atoms with Gasteiger partial charge in [-0.3, -0.25) is 9.59 Å². The molecule has 0 aromatic heterocycles. The molecule has 3 N–H and O–H groups in total. The number of phenols is 1. The highest BCUT2D eigenvalue weighted by molar-refractivity contribution is 7.98. The lowest BCUT2D eigenvalue weighted by Gasteiger charge is -2.09. The van der Waals surface area contributed by atoms with Crippen LogP contribution in [0.5, 0.6) is 5.75 Å². The summed E-state index contributed by atoms with van der Waals surface area (Å²) in [5, 5.41) is 15.2. The van der Waals surface area contributed by atoms with E-state index in [0.717, 1.165) is 11.5 Å². The van der Waals surface area contributed by atoms with E-state index in [1.807, 2.05) is 18.2 Å². The summed E-state index contributed by atoms with van der Waals surface area (Å²) in [5.74, 6) is 0.954. The van der Waals surface area contributed by atoms with E-state index in [9.17, 15) is 14.7 Å². The summed E-state index contributed by atoms with van der Waals surface area (Å²) < 4.78 is 0. The quantitative estimate of drug-likeness (QED) is 0.533. The summed E-state index contributed by atoms with van der Waals surface area (Å²) in [7, 11) is 0. The van der Waals surface area contributed by atoms with Crippen LogP contribution < -0.4 is 10.6 Å². The Balaban J connectivity index is 1.80. The monoisotopic (exact) mass is 344 g/mol. The third-order valence-electron chi connectivity index (χ3n) is 3.21. The Hall–Kier alpha value is -2.47. The van der Waals surface area contributed by atoms with Gasteiger partial charge in [-0.05, 0) is 23.8 Å². The number of hydrogen-bond donors (Lipinski definition) is 3. The minimum absolute atomic E-state index is 0.112. The number of carbonyl (C=O) groups is 2. The molecule has 0 aliphatic heterocycles. The van der Waals surface area contributed by atoms with Gasteiger partial charge in [0.2, 0.25) is 5.91 Å². The van der Waals surface area contributed by atoms with Crippen LogP contribution in [-0.2, 0) is 10.5 Å². The second-order valence-corrected chi connectivity index (χ2v) is 6.31. The van der Waals surface area contributed by atoms with Crippen LogP contribution in [0.4, 0.5) is 5.69 Å². The molecule has 0 saturated heterocycles. The largest absolute Gasteiger partial charge is 0.507 e. The highest BCUT2D eigenvalue weighted by Gasteiger charge is 2.12. The molecule has 0 aliphatic rings. The van der Waals surface area contributed by atoms with Gasteiger partial charge in [-0.15, -0.1) is 0 Å². The predicted octanol–water partition coefficient (Wildman–Crippen LogP) is 3.01. The topological polar surface area (TPSA) is 78.4 Å². The normalized spacial score (nSPS) is 10.2. The van der Waals surface area contributed by atoms with Crippen LogP contribution in [0.2, 0.25) is 0 Å². The number of benzene rings is 2. The van der Waals surface area contributed by atoms with Gasteiger partial charge in [0, 0.05) is 30.7 Å². The summed E-state index contributed by atoms with van der Waals surface area (Å²) in [6, 6.07) is 14.5. The van der Waals surface area contributed by atoms with Crippen molar-refractivity contribution in [1.29, 1.82) is 0 Å². The summed E-state index contributed by atoms with van der Waals surface area (Å²) in [6.07, 6.45) is 0. The first kappa shape index (κ1) is 17.9. The molecule has 0 radical (unpaired) electrons. The third-order valence-corrected chi connectivity index (χ3v) is 4.24. The lowest BCUT2D eigenvalue weighted by molar-refractivity contribution is -0.114. The van der Waals surface area contributed by atoms with Crippen LogP contribution in [0.25, 0.3) is 0 Å². The minimum Gasteiger partial charge on any atom is -0.507 e. The molecule has 5 nitrogen and oxygen atoms in total. The molecule has 0 unspecified atom stereocenters. The number of amides is 2. The summed E-state index contributed by atoms with van der Waals surface area (Å²) >= 11 is 1.73. The molecule has 6 heteroatoms. The van der Waals surface area contributed by atoms with Crippen molar-refractivity contribution in [2.24, 2.45) is 0 Å². The molecule has 0 aliphatic carbocycles. The molecule has 0 saturated carbocycles. The molecule has 126 valence electrons. The van der Waals surface area contributed by atoms with Crippen molar-refractivity contribution in [3.8, 4) is 5.75 Å². The number of anilines is 1. The van der Waals surface area contributed by atoms with Crippen LogP contribution >= 0.6 is 11.8 Å². The molecule has 2 amide bonds. The van der Waals surface area contributed by atoms with Gasteiger partial charge in [0.1, 0.15) is 5.75 Å². The number of nitrogens with one attached hydrogen (secondary N) is 2. The molecule has 0 heterocycles.